The number of rotatable bonds is 7. The second-order valence-electron chi connectivity index (χ2n) is 9.41. The monoisotopic (exact) mass is 557 g/mol. The maximum atomic E-state index is 14.6. The fourth-order valence-electron chi connectivity index (χ4n) is 4.94. The molecule has 0 spiro atoms. The van der Waals surface area contributed by atoms with E-state index >= 15 is 0 Å². The zero-order valence-corrected chi connectivity index (χ0v) is 21.4. The average Bonchev–Trinajstić information content (AvgIpc) is 3.30. The van der Waals surface area contributed by atoms with Crippen LogP contribution in [0.2, 0.25) is 0 Å². The van der Waals surface area contributed by atoms with Crippen molar-refractivity contribution in [3.63, 3.8) is 0 Å². The molecule has 0 saturated carbocycles. The highest BCUT2D eigenvalue weighted by molar-refractivity contribution is 5.99. The number of nitrogens with zero attached hydrogens (tertiary/aromatic N) is 5. The lowest BCUT2D eigenvalue weighted by Crippen LogP contribution is -2.36. The number of morpholine rings is 1. The first-order valence-electron chi connectivity index (χ1n) is 12.6. The Labute approximate surface area is 226 Å². The Morgan fingerprint density at radius 3 is 2.50 bits per heavy atom. The van der Waals surface area contributed by atoms with Crippen LogP contribution in [0, 0.1) is 5.82 Å². The number of halogens is 4. The molecule has 0 bridgehead atoms. The van der Waals surface area contributed by atoms with E-state index in [1.807, 2.05) is 6.20 Å². The van der Waals surface area contributed by atoms with Gasteiger partial charge in [0.2, 0.25) is 0 Å². The number of fused-ring (bicyclic) bond motifs is 1. The first-order chi connectivity index (χ1) is 19.1. The summed E-state index contributed by atoms with van der Waals surface area (Å²) in [5.41, 5.74) is 13.2. The van der Waals surface area contributed by atoms with Gasteiger partial charge in [0.25, 0.3) is 0 Å². The summed E-state index contributed by atoms with van der Waals surface area (Å²) in [5, 5.41) is 4.29. The summed E-state index contributed by atoms with van der Waals surface area (Å²) < 4.78 is 61.5. The zero-order chi connectivity index (χ0) is 28.4. The molecule has 0 radical (unpaired) electrons. The third-order valence-electron chi connectivity index (χ3n) is 6.85. The van der Waals surface area contributed by atoms with E-state index in [0.717, 1.165) is 43.6 Å². The minimum atomic E-state index is -4.73. The van der Waals surface area contributed by atoms with E-state index in [1.54, 1.807) is 16.6 Å². The number of benzene rings is 2. The molecule has 1 fully saturated rings. The van der Waals surface area contributed by atoms with Crippen molar-refractivity contribution in [2.24, 2.45) is 5.73 Å². The van der Waals surface area contributed by atoms with E-state index in [-0.39, 0.29) is 11.5 Å². The van der Waals surface area contributed by atoms with E-state index in [9.17, 15) is 22.4 Å². The summed E-state index contributed by atoms with van der Waals surface area (Å²) in [6, 6.07) is 6.99. The van der Waals surface area contributed by atoms with Crippen molar-refractivity contribution < 1.29 is 27.1 Å². The van der Waals surface area contributed by atoms with Gasteiger partial charge >= 0.3 is 12.2 Å². The molecule has 2 aromatic carbocycles. The Kier molecular flexibility index (Phi) is 7.59. The lowest BCUT2D eigenvalue weighted by atomic mass is 9.99. The molecule has 0 aliphatic carbocycles. The molecule has 2 amide bonds. The molecule has 40 heavy (non-hydrogen) atoms. The second kappa shape index (κ2) is 11.1. The van der Waals surface area contributed by atoms with Gasteiger partial charge in [-0.1, -0.05) is 12.1 Å². The molecular formula is C27H27F4N7O2. The zero-order valence-electron chi connectivity index (χ0n) is 21.4. The van der Waals surface area contributed by atoms with E-state index in [4.69, 9.17) is 16.2 Å². The Hall–Kier alpha value is -4.23. The predicted molar refractivity (Wildman–Crippen MR) is 142 cm³/mol. The van der Waals surface area contributed by atoms with Crippen LogP contribution in [-0.4, -0.2) is 58.4 Å². The van der Waals surface area contributed by atoms with Gasteiger partial charge in [-0.15, -0.1) is 0 Å². The number of aromatic nitrogens is 3. The number of nitrogen functional groups attached to an aromatic ring is 1. The Bertz CT molecular complexity index is 1520. The summed E-state index contributed by atoms with van der Waals surface area (Å²) >= 11 is 0. The van der Waals surface area contributed by atoms with Crippen molar-refractivity contribution in [3.8, 4) is 11.1 Å². The van der Waals surface area contributed by atoms with Crippen molar-refractivity contribution in [2.45, 2.75) is 19.0 Å². The van der Waals surface area contributed by atoms with E-state index in [0.29, 0.717) is 47.4 Å². The van der Waals surface area contributed by atoms with Gasteiger partial charge in [0, 0.05) is 24.8 Å². The van der Waals surface area contributed by atoms with Crippen LogP contribution in [0.25, 0.3) is 16.6 Å². The maximum Gasteiger partial charge on any atom is 0.416 e. The highest BCUT2D eigenvalue weighted by Crippen LogP contribution is 2.38. The molecule has 5 rings (SSSR count). The largest absolute Gasteiger partial charge is 0.416 e. The van der Waals surface area contributed by atoms with Gasteiger partial charge in [-0.25, -0.2) is 18.7 Å². The normalized spacial score (nSPS) is 14.5. The van der Waals surface area contributed by atoms with E-state index in [2.05, 4.69) is 15.0 Å². The Morgan fingerprint density at radius 1 is 1.10 bits per heavy atom. The molecular weight excluding hydrogens is 530 g/mol. The van der Waals surface area contributed by atoms with Crippen molar-refractivity contribution >= 4 is 28.7 Å². The van der Waals surface area contributed by atoms with Crippen LogP contribution in [0.3, 0.4) is 0 Å². The average molecular weight is 558 g/mol. The van der Waals surface area contributed by atoms with Gasteiger partial charge in [0.05, 0.1) is 30.2 Å². The molecule has 0 unspecified atom stereocenters. The number of aryl methyl sites for hydroxylation is 1. The van der Waals surface area contributed by atoms with Gasteiger partial charge < -0.3 is 16.2 Å². The molecule has 1 aliphatic heterocycles. The lowest BCUT2D eigenvalue weighted by molar-refractivity contribution is -0.137. The fourth-order valence-corrected chi connectivity index (χ4v) is 4.94. The Morgan fingerprint density at radius 2 is 1.82 bits per heavy atom. The quantitative estimate of drug-likeness (QED) is 0.321. The van der Waals surface area contributed by atoms with Crippen LogP contribution in [0.1, 0.15) is 17.5 Å². The molecule has 210 valence electrons. The van der Waals surface area contributed by atoms with Crippen molar-refractivity contribution in [2.75, 3.05) is 43.5 Å². The molecule has 3 heterocycles. The van der Waals surface area contributed by atoms with Gasteiger partial charge in [-0.3, -0.25) is 9.80 Å². The van der Waals surface area contributed by atoms with Crippen molar-refractivity contribution in [1.82, 2.24) is 19.5 Å². The highest BCUT2D eigenvalue weighted by atomic mass is 19.4. The molecule has 9 nitrogen and oxygen atoms in total. The van der Waals surface area contributed by atoms with E-state index < -0.39 is 29.3 Å². The van der Waals surface area contributed by atoms with Crippen LogP contribution < -0.4 is 16.4 Å². The summed E-state index contributed by atoms with van der Waals surface area (Å²) in [6.45, 7) is 4.09. The number of hydrogen-bond acceptors (Lipinski definition) is 6. The van der Waals surface area contributed by atoms with E-state index in [1.165, 1.54) is 18.5 Å². The number of nitrogens with two attached hydrogens (primary N) is 2. The lowest BCUT2D eigenvalue weighted by Gasteiger charge is -2.26. The molecule has 13 heteroatoms. The Balaban J connectivity index is 1.49. The molecule has 2 aromatic heterocycles. The number of ether oxygens (including phenoxy) is 1. The standard InChI is InChI=1S/C27H27F4N7O2/c28-21-8-5-19(27(29,30)31)14-22(21)38(26(33)39)20-6-3-17(4-7-20)23-18(2-1-9-36-10-12-40-13-11-36)15-37-24(23)25(32)34-16-35-37/h3-8,14-16H,1-2,9-13H2,(H2,33,39)(H2,32,34,35). The third-order valence-corrected chi connectivity index (χ3v) is 6.85. The van der Waals surface area contributed by atoms with Crippen LogP contribution in [0.4, 0.5) is 39.5 Å². The van der Waals surface area contributed by atoms with Gasteiger partial charge in [-0.2, -0.15) is 18.3 Å². The van der Waals surface area contributed by atoms with Crippen LogP contribution in [-0.2, 0) is 17.3 Å². The number of urea groups is 1. The van der Waals surface area contributed by atoms with Gasteiger partial charge in [0.1, 0.15) is 17.7 Å². The van der Waals surface area contributed by atoms with Crippen molar-refractivity contribution in [3.05, 3.63) is 71.9 Å². The van der Waals surface area contributed by atoms with Crippen LogP contribution in [0.5, 0.6) is 0 Å². The number of carbonyl (C=O) groups is 1. The first-order valence-corrected chi connectivity index (χ1v) is 12.6. The smallest absolute Gasteiger partial charge is 0.382 e. The highest BCUT2D eigenvalue weighted by Gasteiger charge is 2.32. The number of primary amides is 1. The first kappa shape index (κ1) is 27.3. The van der Waals surface area contributed by atoms with Crippen LogP contribution in [0.15, 0.2) is 55.0 Å². The summed E-state index contributed by atoms with van der Waals surface area (Å²) in [7, 11) is 0. The van der Waals surface area contributed by atoms with Gasteiger partial charge in [0.15, 0.2) is 5.82 Å². The third kappa shape index (κ3) is 5.56. The minimum Gasteiger partial charge on any atom is -0.382 e. The number of anilines is 3. The summed E-state index contributed by atoms with van der Waals surface area (Å²) in [4.78, 5) is 19.5. The second-order valence-corrected chi connectivity index (χ2v) is 9.41. The van der Waals surface area contributed by atoms with Gasteiger partial charge in [-0.05, 0) is 60.8 Å². The number of alkyl halides is 3. The summed E-state index contributed by atoms with van der Waals surface area (Å²) in [5.74, 6) is -0.750. The SMILES string of the molecule is NC(=O)N(c1ccc(-c2c(CCCN3CCOCC3)cn3ncnc(N)c23)cc1)c1cc(C(F)(F)F)ccc1F. The predicted octanol–water partition coefficient (Wildman–Crippen LogP) is 4.62. The number of hydrogen-bond donors (Lipinski definition) is 2. The summed E-state index contributed by atoms with van der Waals surface area (Å²) in [6.07, 6.45) is 0.122. The molecule has 0 atom stereocenters. The van der Waals surface area contributed by atoms with Crippen LogP contribution >= 0.6 is 0 Å². The number of amides is 2. The number of carbonyl (C=O) groups excluding carboxylic acids is 1. The molecule has 4 N–H and O–H groups in total. The molecule has 1 aliphatic rings. The molecule has 4 aromatic rings. The maximum absolute atomic E-state index is 14.6. The minimum absolute atomic E-state index is 0.0936. The van der Waals surface area contributed by atoms with Crippen molar-refractivity contribution in [1.29, 1.82) is 0 Å². The topological polar surface area (TPSA) is 115 Å². The fraction of sp³-hybridized carbons (Fsp3) is 0.296. The molecule has 1 saturated heterocycles.